The average molecular weight is 250 g/mol. The molecule has 0 aliphatic heterocycles. The number of rotatable bonds is 8. The number of hydrogen-bond donors (Lipinski definition) is 2. The molecule has 0 saturated carbocycles. The number of ether oxygens (including phenoxy) is 1. The molecule has 18 heavy (non-hydrogen) atoms. The minimum absolute atomic E-state index is 0.436. The van der Waals surface area contributed by atoms with Crippen molar-refractivity contribution in [2.75, 3.05) is 12.0 Å². The molecule has 1 rings (SSSR count). The van der Waals surface area contributed by atoms with Gasteiger partial charge in [0.1, 0.15) is 0 Å². The van der Waals surface area contributed by atoms with Crippen LogP contribution in [0.25, 0.3) is 0 Å². The summed E-state index contributed by atoms with van der Waals surface area (Å²) in [4.78, 5) is 11.3. The first-order valence-electron chi connectivity index (χ1n) is 6.56. The summed E-state index contributed by atoms with van der Waals surface area (Å²) in [5.41, 5.74) is 6.10. The zero-order chi connectivity index (χ0) is 13.1. The summed E-state index contributed by atoms with van der Waals surface area (Å²) < 4.78 is 5.03. The van der Waals surface area contributed by atoms with E-state index in [-0.39, 0.29) is 0 Å². The van der Waals surface area contributed by atoms with Crippen LogP contribution in [-0.4, -0.2) is 12.7 Å². The quantitative estimate of drug-likeness (QED) is 0.546. The number of unbranched alkanes of at least 4 members (excludes halogenated alkanes) is 4. The van der Waals surface area contributed by atoms with Crippen molar-refractivity contribution in [2.45, 2.75) is 39.0 Å². The molecule has 100 valence electrons. The van der Waals surface area contributed by atoms with Gasteiger partial charge in [-0.05, 0) is 18.6 Å². The fourth-order valence-corrected chi connectivity index (χ4v) is 1.55. The first-order valence-corrected chi connectivity index (χ1v) is 6.56. The van der Waals surface area contributed by atoms with E-state index in [1.165, 1.54) is 19.3 Å². The molecular formula is C14H22N2O2. The van der Waals surface area contributed by atoms with Gasteiger partial charge in [0.05, 0.1) is 12.3 Å². The maximum absolute atomic E-state index is 11.3. The van der Waals surface area contributed by atoms with Crippen LogP contribution in [0.2, 0.25) is 0 Å². The minimum Gasteiger partial charge on any atom is -0.448 e. The molecule has 2 N–H and O–H groups in total. The molecule has 0 spiro atoms. The number of hydrogen-bond acceptors (Lipinski definition) is 3. The highest BCUT2D eigenvalue weighted by atomic mass is 16.6. The highest BCUT2D eigenvalue weighted by molar-refractivity contribution is 5.69. The fraction of sp³-hybridized carbons (Fsp3) is 0.500. The van der Waals surface area contributed by atoms with E-state index in [4.69, 9.17) is 4.74 Å². The number of hydrazine groups is 1. The fourth-order valence-electron chi connectivity index (χ4n) is 1.55. The van der Waals surface area contributed by atoms with Crippen LogP contribution in [0.3, 0.4) is 0 Å². The van der Waals surface area contributed by atoms with Gasteiger partial charge in [-0.2, -0.15) is 0 Å². The van der Waals surface area contributed by atoms with E-state index in [2.05, 4.69) is 17.8 Å². The third-order valence-electron chi connectivity index (χ3n) is 2.56. The van der Waals surface area contributed by atoms with E-state index in [9.17, 15) is 4.79 Å². The van der Waals surface area contributed by atoms with E-state index in [0.29, 0.717) is 6.61 Å². The summed E-state index contributed by atoms with van der Waals surface area (Å²) in [6.07, 6.45) is 5.30. The van der Waals surface area contributed by atoms with E-state index in [1.54, 1.807) is 0 Å². The molecule has 0 atom stereocenters. The molecular weight excluding hydrogens is 228 g/mol. The summed E-state index contributed by atoms with van der Waals surface area (Å²) in [5.74, 6) is 0. The van der Waals surface area contributed by atoms with E-state index >= 15 is 0 Å². The van der Waals surface area contributed by atoms with Crippen LogP contribution >= 0.6 is 0 Å². The van der Waals surface area contributed by atoms with Gasteiger partial charge in [0.2, 0.25) is 0 Å². The molecule has 0 aliphatic rings. The van der Waals surface area contributed by atoms with Crippen LogP contribution in [0.1, 0.15) is 39.0 Å². The molecule has 0 fully saturated rings. The van der Waals surface area contributed by atoms with Gasteiger partial charge in [0.25, 0.3) is 0 Å². The normalized spacial score (nSPS) is 9.83. The largest absolute Gasteiger partial charge is 0.448 e. The Labute approximate surface area is 109 Å². The van der Waals surface area contributed by atoms with Crippen LogP contribution < -0.4 is 10.9 Å². The van der Waals surface area contributed by atoms with Crippen molar-refractivity contribution in [1.29, 1.82) is 0 Å². The Morgan fingerprint density at radius 3 is 2.56 bits per heavy atom. The number of anilines is 1. The molecule has 1 amide bonds. The van der Waals surface area contributed by atoms with Crippen molar-refractivity contribution >= 4 is 11.8 Å². The molecule has 1 aromatic carbocycles. The number of carbonyl (C=O) groups is 1. The number of para-hydroxylation sites is 1. The van der Waals surface area contributed by atoms with Crippen LogP contribution in [0, 0.1) is 0 Å². The Bertz CT molecular complexity index is 328. The average Bonchev–Trinajstić information content (AvgIpc) is 2.41. The number of benzene rings is 1. The van der Waals surface area contributed by atoms with E-state index < -0.39 is 6.09 Å². The van der Waals surface area contributed by atoms with Crippen molar-refractivity contribution < 1.29 is 9.53 Å². The van der Waals surface area contributed by atoms with Gasteiger partial charge in [0.15, 0.2) is 0 Å². The Hall–Kier alpha value is -1.71. The minimum atomic E-state index is -0.436. The highest BCUT2D eigenvalue weighted by Gasteiger charge is 2.00. The van der Waals surface area contributed by atoms with Gasteiger partial charge >= 0.3 is 6.09 Å². The van der Waals surface area contributed by atoms with Crippen LogP contribution in [0.15, 0.2) is 30.3 Å². The van der Waals surface area contributed by atoms with Crippen LogP contribution in [-0.2, 0) is 4.74 Å². The second-order valence-corrected chi connectivity index (χ2v) is 4.17. The molecule has 4 heteroatoms. The zero-order valence-corrected chi connectivity index (χ0v) is 10.9. The van der Waals surface area contributed by atoms with Crippen LogP contribution in [0.5, 0.6) is 0 Å². The smallest absolute Gasteiger partial charge is 0.425 e. The predicted molar refractivity (Wildman–Crippen MR) is 73.3 cm³/mol. The molecule has 1 aromatic rings. The number of carbonyl (C=O) groups excluding carboxylic acids is 1. The van der Waals surface area contributed by atoms with E-state index in [1.807, 2.05) is 30.3 Å². The molecule has 0 bridgehead atoms. The SMILES string of the molecule is CCCCCCCOC(=O)NNc1ccccc1. The lowest BCUT2D eigenvalue weighted by atomic mass is 10.2. The summed E-state index contributed by atoms with van der Waals surface area (Å²) >= 11 is 0. The molecule has 0 aromatic heterocycles. The second-order valence-electron chi connectivity index (χ2n) is 4.17. The highest BCUT2D eigenvalue weighted by Crippen LogP contribution is 2.03. The number of amides is 1. The Kier molecular flexibility index (Phi) is 7.44. The zero-order valence-electron chi connectivity index (χ0n) is 10.9. The Morgan fingerprint density at radius 2 is 1.83 bits per heavy atom. The maximum atomic E-state index is 11.3. The van der Waals surface area contributed by atoms with E-state index in [0.717, 1.165) is 18.5 Å². The third kappa shape index (κ3) is 6.78. The van der Waals surface area contributed by atoms with Crippen molar-refractivity contribution in [3.05, 3.63) is 30.3 Å². The van der Waals surface area contributed by atoms with Crippen molar-refractivity contribution in [2.24, 2.45) is 0 Å². The molecule has 0 unspecified atom stereocenters. The lowest BCUT2D eigenvalue weighted by Crippen LogP contribution is -2.30. The molecule has 0 radical (unpaired) electrons. The molecule has 0 aliphatic carbocycles. The summed E-state index contributed by atoms with van der Waals surface area (Å²) in [5, 5.41) is 0. The topological polar surface area (TPSA) is 50.4 Å². The van der Waals surface area contributed by atoms with Gasteiger partial charge in [-0.1, -0.05) is 50.8 Å². The molecule has 0 saturated heterocycles. The second kappa shape index (κ2) is 9.33. The van der Waals surface area contributed by atoms with Gasteiger partial charge < -0.3 is 4.74 Å². The standard InChI is InChI=1S/C14H22N2O2/c1-2-3-4-5-9-12-18-14(17)16-15-13-10-7-6-8-11-13/h6-8,10-11,15H,2-5,9,12H2,1H3,(H,16,17). The van der Waals surface area contributed by atoms with Crippen molar-refractivity contribution in [3.63, 3.8) is 0 Å². The number of nitrogens with one attached hydrogen (secondary N) is 2. The molecule has 4 nitrogen and oxygen atoms in total. The summed E-state index contributed by atoms with van der Waals surface area (Å²) in [6, 6.07) is 9.43. The maximum Gasteiger partial charge on any atom is 0.425 e. The third-order valence-corrected chi connectivity index (χ3v) is 2.56. The summed E-state index contributed by atoms with van der Waals surface area (Å²) in [6.45, 7) is 2.66. The lowest BCUT2D eigenvalue weighted by molar-refractivity contribution is 0.146. The van der Waals surface area contributed by atoms with Crippen molar-refractivity contribution in [3.8, 4) is 0 Å². The van der Waals surface area contributed by atoms with Gasteiger partial charge in [-0.3, -0.25) is 5.43 Å². The Balaban J connectivity index is 2.01. The van der Waals surface area contributed by atoms with Gasteiger partial charge in [0, 0.05) is 0 Å². The first-order chi connectivity index (χ1) is 8.83. The Morgan fingerprint density at radius 1 is 1.11 bits per heavy atom. The van der Waals surface area contributed by atoms with Gasteiger partial charge in [-0.25, -0.2) is 10.2 Å². The molecule has 0 heterocycles. The predicted octanol–water partition coefficient (Wildman–Crippen LogP) is 3.71. The first kappa shape index (κ1) is 14.4. The summed E-state index contributed by atoms with van der Waals surface area (Å²) in [7, 11) is 0. The van der Waals surface area contributed by atoms with Gasteiger partial charge in [-0.15, -0.1) is 0 Å². The van der Waals surface area contributed by atoms with Crippen LogP contribution in [0.4, 0.5) is 10.5 Å². The monoisotopic (exact) mass is 250 g/mol. The van der Waals surface area contributed by atoms with Crippen molar-refractivity contribution in [1.82, 2.24) is 5.43 Å². The lowest BCUT2D eigenvalue weighted by Gasteiger charge is -2.08.